The summed E-state index contributed by atoms with van der Waals surface area (Å²) in [6.07, 6.45) is 0.498. The van der Waals surface area contributed by atoms with E-state index in [9.17, 15) is 14.4 Å². The number of rotatable bonds is 6. The Morgan fingerprint density at radius 1 is 0.629 bits per heavy atom. The zero-order valence-electron chi connectivity index (χ0n) is 18.0. The highest BCUT2D eigenvalue weighted by molar-refractivity contribution is 6.72. The lowest BCUT2D eigenvalue weighted by Gasteiger charge is -2.16. The summed E-state index contributed by atoms with van der Waals surface area (Å²) in [7, 11) is 0. The molecule has 5 rings (SSSR count). The summed E-state index contributed by atoms with van der Waals surface area (Å²) in [4.78, 5) is 36.2. The standard InChI is InChI=1S/C28H15Cl3O4/c29-26(32)16-7-11-19(12-8-16)35-18-9-5-15(6-10-18)21-14-22-20-4-2-1-3-17(20)13-23(22)25(28(31)34)24(21)27(30)33/h1-12,14H,13H2. The fourth-order valence-electron chi connectivity index (χ4n) is 4.42. The predicted molar refractivity (Wildman–Crippen MR) is 137 cm³/mol. The molecule has 0 aromatic heterocycles. The molecule has 4 aromatic rings. The second-order valence-electron chi connectivity index (χ2n) is 8.01. The summed E-state index contributed by atoms with van der Waals surface area (Å²) < 4.78 is 5.84. The number of carbonyl (C=O) groups excluding carboxylic acids is 3. The molecule has 1 aliphatic rings. The van der Waals surface area contributed by atoms with Gasteiger partial charge in [-0.15, -0.1) is 0 Å². The zero-order valence-corrected chi connectivity index (χ0v) is 20.2. The first-order valence-electron chi connectivity index (χ1n) is 10.6. The van der Waals surface area contributed by atoms with Crippen LogP contribution in [0, 0.1) is 0 Å². The van der Waals surface area contributed by atoms with E-state index < -0.39 is 15.7 Å². The highest BCUT2D eigenvalue weighted by atomic mass is 35.5. The van der Waals surface area contributed by atoms with E-state index in [1.807, 2.05) is 30.3 Å². The van der Waals surface area contributed by atoms with Crippen molar-refractivity contribution in [1.29, 1.82) is 0 Å². The molecule has 0 fully saturated rings. The largest absolute Gasteiger partial charge is 0.457 e. The summed E-state index contributed by atoms with van der Waals surface area (Å²) in [6, 6.07) is 23.2. The molecular weight excluding hydrogens is 507 g/mol. The van der Waals surface area contributed by atoms with Crippen molar-refractivity contribution in [1.82, 2.24) is 0 Å². The molecule has 0 radical (unpaired) electrons. The summed E-state index contributed by atoms with van der Waals surface area (Å²) in [5.74, 6) is 1.07. The second kappa shape index (κ2) is 9.31. The van der Waals surface area contributed by atoms with E-state index in [-0.39, 0.29) is 11.1 Å². The molecule has 7 heteroatoms. The van der Waals surface area contributed by atoms with Crippen molar-refractivity contribution in [3.8, 4) is 33.8 Å². The maximum atomic E-state index is 12.5. The lowest BCUT2D eigenvalue weighted by atomic mass is 9.89. The van der Waals surface area contributed by atoms with Crippen LogP contribution >= 0.6 is 34.8 Å². The van der Waals surface area contributed by atoms with E-state index in [1.54, 1.807) is 48.5 Å². The lowest BCUT2D eigenvalue weighted by molar-refractivity contribution is 0.105. The molecule has 0 heterocycles. The van der Waals surface area contributed by atoms with Gasteiger partial charge >= 0.3 is 0 Å². The molecule has 4 aromatic carbocycles. The van der Waals surface area contributed by atoms with Gasteiger partial charge in [-0.05, 0) is 117 Å². The Kier molecular flexibility index (Phi) is 6.20. The lowest BCUT2D eigenvalue weighted by Crippen LogP contribution is -2.08. The third-order valence-corrected chi connectivity index (χ3v) is 6.58. The minimum atomic E-state index is -0.753. The first-order valence-corrected chi connectivity index (χ1v) is 11.7. The van der Waals surface area contributed by atoms with Crippen LogP contribution in [0.15, 0.2) is 78.9 Å². The Morgan fingerprint density at radius 2 is 1.23 bits per heavy atom. The van der Waals surface area contributed by atoms with Crippen molar-refractivity contribution in [3.63, 3.8) is 0 Å². The predicted octanol–water partition coefficient (Wildman–Crippen LogP) is 7.85. The Balaban J connectivity index is 1.57. The van der Waals surface area contributed by atoms with Crippen molar-refractivity contribution in [2.24, 2.45) is 0 Å². The molecule has 0 bridgehead atoms. The molecule has 172 valence electrons. The smallest absolute Gasteiger partial charge is 0.253 e. The highest BCUT2D eigenvalue weighted by Crippen LogP contribution is 2.44. The van der Waals surface area contributed by atoms with Gasteiger partial charge in [-0.2, -0.15) is 0 Å². The van der Waals surface area contributed by atoms with Gasteiger partial charge in [-0.3, -0.25) is 14.4 Å². The molecule has 0 spiro atoms. The molecule has 0 amide bonds. The third kappa shape index (κ3) is 4.37. The van der Waals surface area contributed by atoms with Gasteiger partial charge in [0.15, 0.2) is 0 Å². The molecule has 0 unspecified atom stereocenters. The van der Waals surface area contributed by atoms with Crippen LogP contribution in [0.3, 0.4) is 0 Å². The Labute approximate surface area is 216 Å². The van der Waals surface area contributed by atoms with Gasteiger partial charge in [0.25, 0.3) is 15.7 Å². The highest BCUT2D eigenvalue weighted by Gasteiger charge is 2.30. The van der Waals surface area contributed by atoms with Gasteiger partial charge in [0, 0.05) is 5.56 Å². The summed E-state index contributed by atoms with van der Waals surface area (Å²) in [5, 5.41) is -2.02. The summed E-state index contributed by atoms with van der Waals surface area (Å²) in [6.45, 7) is 0. The van der Waals surface area contributed by atoms with Gasteiger partial charge < -0.3 is 4.74 Å². The quantitative estimate of drug-likeness (QED) is 0.213. The van der Waals surface area contributed by atoms with Crippen LogP contribution in [-0.2, 0) is 6.42 Å². The zero-order chi connectivity index (χ0) is 24.7. The maximum Gasteiger partial charge on any atom is 0.253 e. The van der Waals surface area contributed by atoms with E-state index >= 15 is 0 Å². The van der Waals surface area contributed by atoms with Crippen LogP contribution in [-0.4, -0.2) is 15.7 Å². The van der Waals surface area contributed by atoms with E-state index in [4.69, 9.17) is 39.5 Å². The molecule has 0 saturated heterocycles. The topological polar surface area (TPSA) is 60.4 Å². The van der Waals surface area contributed by atoms with Crippen LogP contribution in [0.4, 0.5) is 0 Å². The number of hydrogen-bond acceptors (Lipinski definition) is 4. The average Bonchev–Trinajstić information content (AvgIpc) is 3.21. The number of carbonyl (C=O) groups is 3. The fourth-order valence-corrected chi connectivity index (χ4v) is 4.95. The molecular formula is C28H15Cl3O4. The summed E-state index contributed by atoms with van der Waals surface area (Å²) in [5.41, 5.74) is 5.41. The first-order chi connectivity index (χ1) is 16.8. The Bertz CT molecular complexity index is 1510. The van der Waals surface area contributed by atoms with E-state index in [0.29, 0.717) is 40.2 Å². The minimum Gasteiger partial charge on any atom is -0.457 e. The number of halogens is 3. The average molecular weight is 522 g/mol. The van der Waals surface area contributed by atoms with Gasteiger partial charge in [-0.25, -0.2) is 0 Å². The number of hydrogen-bond donors (Lipinski definition) is 0. The number of fused-ring (bicyclic) bond motifs is 3. The Morgan fingerprint density at radius 3 is 1.83 bits per heavy atom. The van der Waals surface area contributed by atoms with Crippen molar-refractivity contribution in [2.75, 3.05) is 0 Å². The Hall–Kier alpha value is -3.44. The van der Waals surface area contributed by atoms with Crippen LogP contribution < -0.4 is 4.74 Å². The van der Waals surface area contributed by atoms with Crippen molar-refractivity contribution >= 4 is 50.5 Å². The molecule has 35 heavy (non-hydrogen) atoms. The normalized spacial score (nSPS) is 11.5. The minimum absolute atomic E-state index is 0.0909. The molecule has 1 aliphatic carbocycles. The molecule has 4 nitrogen and oxygen atoms in total. The van der Waals surface area contributed by atoms with Crippen molar-refractivity contribution < 1.29 is 19.1 Å². The number of benzene rings is 4. The van der Waals surface area contributed by atoms with Crippen LogP contribution in [0.2, 0.25) is 0 Å². The monoisotopic (exact) mass is 520 g/mol. The molecule has 0 aliphatic heterocycles. The SMILES string of the molecule is O=C(Cl)c1ccc(Oc2ccc(-c3cc4c(c(C(=O)Cl)c3C(=O)Cl)Cc3ccccc3-4)cc2)cc1. The van der Waals surface area contributed by atoms with Crippen LogP contribution in [0.5, 0.6) is 11.5 Å². The molecule has 0 saturated carbocycles. The van der Waals surface area contributed by atoms with E-state index in [0.717, 1.165) is 16.7 Å². The van der Waals surface area contributed by atoms with Crippen molar-refractivity contribution in [3.05, 3.63) is 107 Å². The second-order valence-corrected chi connectivity index (χ2v) is 9.04. The third-order valence-electron chi connectivity index (χ3n) is 5.99. The first kappa shape index (κ1) is 23.3. The van der Waals surface area contributed by atoms with Gasteiger partial charge in [0.1, 0.15) is 11.5 Å². The summed E-state index contributed by atoms with van der Waals surface area (Å²) >= 11 is 17.4. The van der Waals surface area contributed by atoms with E-state index in [1.165, 1.54) is 0 Å². The van der Waals surface area contributed by atoms with Crippen molar-refractivity contribution in [2.45, 2.75) is 6.42 Å². The maximum absolute atomic E-state index is 12.5. The van der Waals surface area contributed by atoms with Crippen LogP contribution in [0.1, 0.15) is 42.2 Å². The number of ether oxygens (including phenoxy) is 1. The van der Waals surface area contributed by atoms with Crippen LogP contribution in [0.25, 0.3) is 22.3 Å². The fraction of sp³-hybridized carbons (Fsp3) is 0.0357. The van der Waals surface area contributed by atoms with E-state index in [2.05, 4.69) is 0 Å². The molecule has 0 N–H and O–H groups in total. The van der Waals surface area contributed by atoms with Gasteiger partial charge in [-0.1, -0.05) is 36.4 Å². The van der Waals surface area contributed by atoms with Gasteiger partial charge in [0.2, 0.25) is 0 Å². The van der Waals surface area contributed by atoms with Gasteiger partial charge in [0.05, 0.1) is 11.1 Å². The molecule has 0 atom stereocenters.